The fraction of sp³-hybridized carbons (Fsp3) is 0.0769. The molecule has 0 unspecified atom stereocenters. The molecule has 3 rings (SSSR count). The summed E-state index contributed by atoms with van der Waals surface area (Å²) in [5.74, 6) is 0. The van der Waals surface area contributed by atoms with E-state index in [9.17, 15) is 4.79 Å². The third kappa shape index (κ3) is 1.49. The van der Waals surface area contributed by atoms with Crippen LogP contribution in [0.1, 0.15) is 0 Å². The van der Waals surface area contributed by atoms with Gasteiger partial charge in [-0.15, -0.1) is 17.9 Å². The standard InChI is InChI=1S/C13H10N2OS/c1-2-7-15-8-14-11-9-5-3-4-6-10(9)17-12(11)13(15)16/h2-6,8H,1,7H2. The third-order valence-corrected chi connectivity index (χ3v) is 3.82. The Morgan fingerprint density at radius 2 is 2.24 bits per heavy atom. The summed E-state index contributed by atoms with van der Waals surface area (Å²) in [5, 5.41) is 1.05. The predicted molar refractivity (Wildman–Crippen MR) is 71.6 cm³/mol. The van der Waals surface area contributed by atoms with Crippen LogP contribution in [0.15, 0.2) is 48.0 Å². The number of aromatic nitrogens is 2. The molecule has 3 aromatic rings. The van der Waals surface area contributed by atoms with E-state index in [2.05, 4.69) is 11.6 Å². The van der Waals surface area contributed by atoms with Crippen molar-refractivity contribution in [1.82, 2.24) is 9.55 Å². The van der Waals surface area contributed by atoms with Gasteiger partial charge in [-0.25, -0.2) is 4.98 Å². The Kier molecular flexibility index (Phi) is 2.30. The van der Waals surface area contributed by atoms with E-state index < -0.39 is 0 Å². The minimum absolute atomic E-state index is 0.0103. The highest BCUT2D eigenvalue weighted by atomic mass is 32.1. The molecule has 0 saturated heterocycles. The summed E-state index contributed by atoms with van der Waals surface area (Å²) < 4.78 is 3.39. The Bertz CT molecular complexity index is 770. The van der Waals surface area contributed by atoms with Gasteiger partial charge in [0.1, 0.15) is 4.70 Å². The molecule has 0 aliphatic carbocycles. The van der Waals surface area contributed by atoms with E-state index >= 15 is 0 Å². The minimum Gasteiger partial charge on any atom is -0.294 e. The summed E-state index contributed by atoms with van der Waals surface area (Å²) in [6.07, 6.45) is 3.29. The zero-order chi connectivity index (χ0) is 11.8. The Balaban J connectivity index is 2.44. The fourth-order valence-corrected chi connectivity index (χ4v) is 2.99. The second-order valence-corrected chi connectivity index (χ2v) is 4.82. The van der Waals surface area contributed by atoms with Gasteiger partial charge < -0.3 is 0 Å². The Morgan fingerprint density at radius 3 is 3.06 bits per heavy atom. The maximum atomic E-state index is 12.2. The van der Waals surface area contributed by atoms with Crippen molar-refractivity contribution in [2.45, 2.75) is 6.54 Å². The van der Waals surface area contributed by atoms with Gasteiger partial charge in [0.05, 0.1) is 11.8 Å². The van der Waals surface area contributed by atoms with Crippen LogP contribution in [-0.4, -0.2) is 9.55 Å². The summed E-state index contributed by atoms with van der Waals surface area (Å²) in [5.41, 5.74) is 0.812. The van der Waals surface area contributed by atoms with Gasteiger partial charge in [0, 0.05) is 16.6 Å². The lowest BCUT2D eigenvalue weighted by molar-refractivity contribution is 0.770. The second-order valence-electron chi connectivity index (χ2n) is 3.77. The number of hydrogen-bond acceptors (Lipinski definition) is 3. The molecule has 3 nitrogen and oxygen atoms in total. The molecule has 4 heteroatoms. The van der Waals surface area contributed by atoms with Gasteiger partial charge in [0.2, 0.25) is 0 Å². The Morgan fingerprint density at radius 1 is 1.41 bits per heavy atom. The van der Waals surface area contributed by atoms with E-state index in [0.29, 0.717) is 6.54 Å². The summed E-state index contributed by atoms with van der Waals surface area (Å²) in [6, 6.07) is 7.95. The van der Waals surface area contributed by atoms with Crippen molar-refractivity contribution in [3.8, 4) is 0 Å². The lowest BCUT2D eigenvalue weighted by Gasteiger charge is -1.99. The lowest BCUT2D eigenvalue weighted by Crippen LogP contribution is -2.18. The van der Waals surface area contributed by atoms with Crippen molar-refractivity contribution in [1.29, 1.82) is 0 Å². The maximum Gasteiger partial charge on any atom is 0.271 e. The maximum absolute atomic E-state index is 12.2. The lowest BCUT2D eigenvalue weighted by atomic mass is 10.2. The van der Waals surface area contributed by atoms with Crippen LogP contribution in [0.25, 0.3) is 20.3 Å². The first-order valence-electron chi connectivity index (χ1n) is 5.29. The first-order valence-corrected chi connectivity index (χ1v) is 6.10. The van der Waals surface area contributed by atoms with Crippen LogP contribution >= 0.6 is 11.3 Å². The van der Waals surface area contributed by atoms with E-state index in [4.69, 9.17) is 0 Å². The smallest absolute Gasteiger partial charge is 0.271 e. The van der Waals surface area contributed by atoms with E-state index in [0.717, 1.165) is 20.3 Å². The van der Waals surface area contributed by atoms with Crippen LogP contribution in [0.2, 0.25) is 0 Å². The number of benzene rings is 1. The SMILES string of the molecule is C=CCn1cnc2c(sc3ccccc32)c1=O. The highest BCUT2D eigenvalue weighted by molar-refractivity contribution is 7.25. The molecule has 2 heterocycles. The molecule has 0 bridgehead atoms. The summed E-state index contributed by atoms with van der Waals surface area (Å²) in [7, 11) is 0. The average Bonchev–Trinajstić information content (AvgIpc) is 2.73. The van der Waals surface area contributed by atoms with Crippen LogP contribution in [-0.2, 0) is 6.54 Å². The van der Waals surface area contributed by atoms with Crippen molar-refractivity contribution in [2.24, 2.45) is 0 Å². The average molecular weight is 242 g/mol. The molecule has 0 saturated carbocycles. The van der Waals surface area contributed by atoms with Crippen LogP contribution in [0, 0.1) is 0 Å². The van der Waals surface area contributed by atoms with Gasteiger partial charge in [-0.05, 0) is 6.07 Å². The Hall–Kier alpha value is -1.94. The van der Waals surface area contributed by atoms with Crippen molar-refractivity contribution >= 4 is 31.6 Å². The van der Waals surface area contributed by atoms with Crippen molar-refractivity contribution < 1.29 is 0 Å². The third-order valence-electron chi connectivity index (χ3n) is 2.68. The largest absolute Gasteiger partial charge is 0.294 e. The van der Waals surface area contributed by atoms with Crippen molar-refractivity contribution in [2.75, 3.05) is 0 Å². The predicted octanol–water partition coefficient (Wildman–Crippen LogP) is 2.80. The monoisotopic (exact) mass is 242 g/mol. The number of hydrogen-bond donors (Lipinski definition) is 0. The first-order chi connectivity index (χ1) is 8.31. The van der Waals surface area contributed by atoms with Gasteiger partial charge in [0.25, 0.3) is 5.56 Å². The zero-order valence-corrected chi connectivity index (χ0v) is 9.91. The molecular formula is C13H10N2OS. The molecule has 1 aromatic carbocycles. The molecule has 0 atom stereocenters. The number of allylic oxidation sites excluding steroid dienone is 1. The summed E-state index contributed by atoms with van der Waals surface area (Å²) >= 11 is 1.50. The zero-order valence-electron chi connectivity index (χ0n) is 9.09. The first kappa shape index (κ1) is 10.2. The van der Waals surface area contributed by atoms with E-state index in [1.807, 2.05) is 24.3 Å². The Labute approximate surface area is 102 Å². The molecule has 17 heavy (non-hydrogen) atoms. The highest BCUT2D eigenvalue weighted by Gasteiger charge is 2.10. The van der Waals surface area contributed by atoms with E-state index in [-0.39, 0.29) is 5.56 Å². The number of thiophene rings is 1. The molecule has 0 N–H and O–H groups in total. The second kappa shape index (κ2) is 3.82. The fourth-order valence-electron chi connectivity index (χ4n) is 1.88. The molecule has 0 radical (unpaired) electrons. The van der Waals surface area contributed by atoms with E-state index in [1.165, 1.54) is 11.3 Å². The quantitative estimate of drug-likeness (QED) is 0.648. The van der Waals surface area contributed by atoms with Crippen molar-refractivity contribution in [3.05, 3.63) is 53.6 Å². The van der Waals surface area contributed by atoms with Crippen LogP contribution in [0.4, 0.5) is 0 Å². The molecule has 0 aliphatic heterocycles. The van der Waals surface area contributed by atoms with Gasteiger partial charge in [-0.2, -0.15) is 0 Å². The van der Waals surface area contributed by atoms with Gasteiger partial charge >= 0.3 is 0 Å². The van der Waals surface area contributed by atoms with Crippen LogP contribution in [0.3, 0.4) is 0 Å². The van der Waals surface area contributed by atoms with Gasteiger partial charge in [-0.3, -0.25) is 9.36 Å². The molecule has 0 aliphatic rings. The molecule has 84 valence electrons. The molecule has 0 spiro atoms. The van der Waals surface area contributed by atoms with Gasteiger partial charge in [-0.1, -0.05) is 24.3 Å². The van der Waals surface area contributed by atoms with E-state index in [1.54, 1.807) is 17.0 Å². The molecule has 0 amide bonds. The number of nitrogens with zero attached hydrogens (tertiary/aromatic N) is 2. The molecular weight excluding hydrogens is 232 g/mol. The van der Waals surface area contributed by atoms with Crippen LogP contribution in [0.5, 0.6) is 0 Å². The molecule has 2 aromatic heterocycles. The topological polar surface area (TPSA) is 34.9 Å². The summed E-state index contributed by atoms with van der Waals surface area (Å²) in [6.45, 7) is 4.13. The van der Waals surface area contributed by atoms with Gasteiger partial charge in [0.15, 0.2) is 0 Å². The normalized spacial score (nSPS) is 11.1. The highest BCUT2D eigenvalue weighted by Crippen LogP contribution is 2.29. The summed E-state index contributed by atoms with van der Waals surface area (Å²) in [4.78, 5) is 16.5. The number of fused-ring (bicyclic) bond motifs is 3. The van der Waals surface area contributed by atoms with Crippen LogP contribution < -0.4 is 5.56 Å². The molecule has 0 fully saturated rings. The number of rotatable bonds is 2. The van der Waals surface area contributed by atoms with Crippen molar-refractivity contribution in [3.63, 3.8) is 0 Å². The minimum atomic E-state index is 0.0103.